The third-order valence-corrected chi connectivity index (χ3v) is 4.51. The molecule has 0 atom stereocenters. The molecular weight excluding hydrogens is 399 g/mol. The Morgan fingerprint density at radius 3 is 2.48 bits per heavy atom. The highest BCUT2D eigenvalue weighted by Gasteiger charge is 2.15. The summed E-state index contributed by atoms with van der Waals surface area (Å²) >= 11 is 0. The highest BCUT2D eigenvalue weighted by molar-refractivity contribution is 5.89. The van der Waals surface area contributed by atoms with Crippen molar-refractivity contribution in [1.29, 1.82) is 0 Å². The molecule has 0 saturated carbocycles. The fourth-order valence-electron chi connectivity index (χ4n) is 2.90. The number of hydrogen-bond donors (Lipinski definition) is 2. The van der Waals surface area contributed by atoms with Gasteiger partial charge in [0.25, 0.3) is 5.89 Å². The molecule has 1 aromatic heterocycles. The summed E-state index contributed by atoms with van der Waals surface area (Å²) in [5.41, 5.74) is 2.13. The van der Waals surface area contributed by atoms with Gasteiger partial charge in [-0.15, -0.1) is 10.2 Å². The van der Waals surface area contributed by atoms with E-state index in [1.54, 1.807) is 7.11 Å². The maximum Gasteiger partial charge on any atom is 0.319 e. The first-order chi connectivity index (χ1) is 15.1. The van der Waals surface area contributed by atoms with Crippen molar-refractivity contribution in [2.24, 2.45) is 0 Å². The molecule has 4 rings (SSSR count). The first-order valence-corrected chi connectivity index (χ1v) is 9.49. The minimum absolute atomic E-state index is 0.0265. The van der Waals surface area contributed by atoms with Crippen molar-refractivity contribution >= 4 is 11.7 Å². The fourth-order valence-corrected chi connectivity index (χ4v) is 2.90. The smallest absolute Gasteiger partial charge is 0.319 e. The molecule has 2 N–H and O–H groups in total. The molecule has 31 heavy (non-hydrogen) atoms. The van der Waals surface area contributed by atoms with Crippen LogP contribution in [0.25, 0.3) is 22.9 Å². The van der Waals surface area contributed by atoms with Crippen LogP contribution in [-0.2, 0) is 6.54 Å². The van der Waals surface area contributed by atoms with Crippen LogP contribution >= 0.6 is 0 Å². The normalized spacial score (nSPS) is 10.5. The number of nitrogens with one attached hydrogen (secondary N) is 2. The Labute approximate surface area is 177 Å². The number of urea groups is 1. The van der Waals surface area contributed by atoms with Crippen LogP contribution in [-0.4, -0.2) is 23.3 Å². The predicted molar refractivity (Wildman–Crippen MR) is 114 cm³/mol. The minimum Gasteiger partial charge on any atom is -0.497 e. The molecule has 0 bridgehead atoms. The van der Waals surface area contributed by atoms with Crippen LogP contribution in [0.1, 0.15) is 5.56 Å². The monoisotopic (exact) mass is 418 g/mol. The third kappa shape index (κ3) is 4.87. The summed E-state index contributed by atoms with van der Waals surface area (Å²) < 4.78 is 25.1. The number of methoxy groups -OCH3 is 1. The highest BCUT2D eigenvalue weighted by atomic mass is 19.1. The molecule has 0 radical (unpaired) electrons. The lowest BCUT2D eigenvalue weighted by Gasteiger charge is -2.09. The zero-order valence-corrected chi connectivity index (χ0v) is 16.6. The summed E-state index contributed by atoms with van der Waals surface area (Å²) in [4.78, 5) is 12.2. The van der Waals surface area contributed by atoms with Gasteiger partial charge in [-0.3, -0.25) is 0 Å². The Morgan fingerprint density at radius 2 is 1.74 bits per heavy atom. The average molecular weight is 418 g/mol. The zero-order chi connectivity index (χ0) is 21.6. The number of carbonyl (C=O) groups is 1. The van der Waals surface area contributed by atoms with Gasteiger partial charge >= 0.3 is 6.03 Å². The summed E-state index contributed by atoms with van der Waals surface area (Å²) in [6.07, 6.45) is 0. The van der Waals surface area contributed by atoms with E-state index in [0.29, 0.717) is 12.2 Å². The molecule has 3 aromatic carbocycles. The van der Waals surface area contributed by atoms with E-state index in [2.05, 4.69) is 20.8 Å². The molecule has 0 fully saturated rings. The van der Waals surface area contributed by atoms with Crippen molar-refractivity contribution in [3.8, 4) is 28.7 Å². The van der Waals surface area contributed by atoms with Crippen LogP contribution in [0.15, 0.2) is 77.2 Å². The molecule has 0 unspecified atom stereocenters. The Hall–Kier alpha value is -4.20. The molecule has 8 heteroatoms. The van der Waals surface area contributed by atoms with Crippen LogP contribution in [0.2, 0.25) is 0 Å². The SMILES string of the molecule is COc1ccc(CNC(=O)Nc2ccc(F)c(-c3nnc(-c4ccccc4)o3)c2)cc1. The Bertz CT molecular complexity index is 1180. The number of ether oxygens (including phenoxy) is 1. The fraction of sp³-hybridized carbons (Fsp3) is 0.0870. The van der Waals surface area contributed by atoms with Crippen molar-refractivity contribution in [1.82, 2.24) is 15.5 Å². The van der Waals surface area contributed by atoms with Gasteiger partial charge in [0.1, 0.15) is 11.6 Å². The van der Waals surface area contributed by atoms with E-state index >= 15 is 0 Å². The molecule has 0 spiro atoms. The van der Waals surface area contributed by atoms with Crippen molar-refractivity contribution in [3.63, 3.8) is 0 Å². The number of halogens is 1. The number of anilines is 1. The van der Waals surface area contributed by atoms with Gasteiger partial charge in [0.15, 0.2) is 0 Å². The topological polar surface area (TPSA) is 89.3 Å². The number of amides is 2. The molecule has 0 aliphatic carbocycles. The van der Waals surface area contributed by atoms with Gasteiger partial charge in [0.05, 0.1) is 12.7 Å². The summed E-state index contributed by atoms with van der Waals surface area (Å²) in [5.74, 6) is 0.514. The summed E-state index contributed by atoms with van der Waals surface area (Å²) in [6.45, 7) is 0.327. The van der Waals surface area contributed by atoms with E-state index in [9.17, 15) is 9.18 Å². The van der Waals surface area contributed by atoms with E-state index < -0.39 is 11.8 Å². The maximum atomic E-state index is 14.4. The molecule has 0 saturated heterocycles. The molecule has 156 valence electrons. The van der Waals surface area contributed by atoms with Gasteiger partial charge < -0.3 is 19.8 Å². The van der Waals surface area contributed by atoms with Crippen molar-refractivity contribution in [2.45, 2.75) is 6.54 Å². The molecule has 4 aromatic rings. The van der Waals surface area contributed by atoms with E-state index in [0.717, 1.165) is 16.9 Å². The average Bonchev–Trinajstić information content (AvgIpc) is 3.30. The summed E-state index contributed by atoms with van der Waals surface area (Å²) in [6, 6.07) is 20.3. The zero-order valence-electron chi connectivity index (χ0n) is 16.6. The Morgan fingerprint density at radius 1 is 1.00 bits per heavy atom. The van der Waals surface area contributed by atoms with Crippen molar-refractivity contribution in [3.05, 3.63) is 84.2 Å². The third-order valence-electron chi connectivity index (χ3n) is 4.51. The van der Waals surface area contributed by atoms with Crippen LogP contribution in [0.4, 0.5) is 14.9 Å². The van der Waals surface area contributed by atoms with Crippen molar-refractivity contribution in [2.75, 3.05) is 12.4 Å². The molecule has 0 aliphatic heterocycles. The molecule has 7 nitrogen and oxygen atoms in total. The van der Waals surface area contributed by atoms with Crippen molar-refractivity contribution < 1.29 is 18.3 Å². The van der Waals surface area contributed by atoms with Crippen LogP contribution < -0.4 is 15.4 Å². The summed E-state index contributed by atoms with van der Waals surface area (Å²) in [7, 11) is 1.59. The molecule has 0 aliphatic rings. The second-order valence-corrected chi connectivity index (χ2v) is 6.63. The second kappa shape index (κ2) is 9.08. The van der Waals surface area contributed by atoms with E-state index in [4.69, 9.17) is 9.15 Å². The van der Waals surface area contributed by atoms with Gasteiger partial charge in [0, 0.05) is 17.8 Å². The van der Waals surface area contributed by atoms with Gasteiger partial charge in [-0.1, -0.05) is 30.3 Å². The lowest BCUT2D eigenvalue weighted by molar-refractivity contribution is 0.251. The number of carbonyl (C=O) groups excluding carboxylic acids is 1. The van der Waals surface area contributed by atoms with Crippen LogP contribution in [0, 0.1) is 5.82 Å². The first-order valence-electron chi connectivity index (χ1n) is 9.49. The lowest BCUT2D eigenvalue weighted by Crippen LogP contribution is -2.28. The minimum atomic E-state index is -0.535. The number of aromatic nitrogens is 2. The van der Waals surface area contributed by atoms with Gasteiger partial charge in [-0.25, -0.2) is 9.18 Å². The highest BCUT2D eigenvalue weighted by Crippen LogP contribution is 2.28. The molecule has 2 amide bonds. The quantitative estimate of drug-likeness (QED) is 0.466. The summed E-state index contributed by atoms with van der Waals surface area (Å²) in [5, 5.41) is 13.3. The number of rotatable bonds is 6. The second-order valence-electron chi connectivity index (χ2n) is 6.63. The Balaban J connectivity index is 1.44. The van der Waals surface area contributed by atoms with E-state index in [1.165, 1.54) is 18.2 Å². The molecular formula is C23H19FN4O3. The van der Waals surface area contributed by atoms with Gasteiger partial charge in [0.2, 0.25) is 5.89 Å². The van der Waals surface area contributed by atoms with E-state index in [-0.39, 0.29) is 17.3 Å². The Kier molecular flexibility index (Phi) is 5.89. The largest absolute Gasteiger partial charge is 0.497 e. The number of nitrogens with zero attached hydrogens (tertiary/aromatic N) is 2. The standard InChI is InChI=1S/C23H19FN4O3/c1-30-18-10-7-15(8-11-18)14-25-23(29)26-17-9-12-20(24)19(13-17)22-28-27-21(31-22)16-5-3-2-4-6-16/h2-13H,14H2,1H3,(H2,25,26,29). The van der Waals surface area contributed by atoms with Crippen LogP contribution in [0.3, 0.4) is 0 Å². The maximum absolute atomic E-state index is 14.4. The number of hydrogen-bond acceptors (Lipinski definition) is 5. The van der Waals surface area contributed by atoms with E-state index in [1.807, 2.05) is 54.6 Å². The lowest BCUT2D eigenvalue weighted by atomic mass is 10.2. The molecule has 1 heterocycles. The van der Waals surface area contributed by atoms with Crippen LogP contribution in [0.5, 0.6) is 5.75 Å². The predicted octanol–water partition coefficient (Wildman–Crippen LogP) is 4.87. The van der Waals surface area contributed by atoms with Gasteiger partial charge in [-0.05, 0) is 48.0 Å². The number of benzene rings is 3. The first kappa shape index (κ1) is 20.1. The van der Waals surface area contributed by atoms with Gasteiger partial charge in [-0.2, -0.15) is 0 Å².